The third kappa shape index (κ3) is 2.91. The SMILES string of the molecule is CN(C)C1(CNCc2ccc(CO)cc2)CCC1. The van der Waals surface area contributed by atoms with E-state index in [1.54, 1.807) is 0 Å². The van der Waals surface area contributed by atoms with E-state index in [9.17, 15) is 0 Å². The number of hydrogen-bond donors (Lipinski definition) is 2. The lowest BCUT2D eigenvalue weighted by Gasteiger charge is -2.47. The van der Waals surface area contributed by atoms with Crippen LogP contribution in [0.5, 0.6) is 0 Å². The zero-order valence-corrected chi connectivity index (χ0v) is 11.4. The first kappa shape index (κ1) is 13.5. The average molecular weight is 248 g/mol. The molecule has 0 bridgehead atoms. The highest BCUT2D eigenvalue weighted by molar-refractivity contribution is 5.21. The molecule has 0 atom stereocenters. The molecule has 2 N–H and O–H groups in total. The van der Waals surface area contributed by atoms with Crippen LogP contribution in [0.3, 0.4) is 0 Å². The molecule has 1 aromatic rings. The van der Waals surface area contributed by atoms with Crippen molar-refractivity contribution in [2.75, 3.05) is 20.6 Å². The first-order valence-corrected chi connectivity index (χ1v) is 6.73. The van der Waals surface area contributed by atoms with Gasteiger partial charge in [-0.15, -0.1) is 0 Å². The fraction of sp³-hybridized carbons (Fsp3) is 0.600. The van der Waals surface area contributed by atoms with Crippen molar-refractivity contribution in [2.45, 2.75) is 38.0 Å². The molecule has 1 aliphatic carbocycles. The molecule has 3 nitrogen and oxygen atoms in total. The van der Waals surface area contributed by atoms with E-state index in [2.05, 4.69) is 36.4 Å². The molecule has 0 unspecified atom stereocenters. The van der Waals surface area contributed by atoms with Gasteiger partial charge in [0, 0.05) is 18.6 Å². The lowest BCUT2D eigenvalue weighted by Crippen LogP contribution is -2.56. The van der Waals surface area contributed by atoms with Crippen molar-refractivity contribution >= 4 is 0 Å². The minimum Gasteiger partial charge on any atom is -0.392 e. The molecule has 2 rings (SSSR count). The van der Waals surface area contributed by atoms with Crippen molar-refractivity contribution < 1.29 is 5.11 Å². The lowest BCUT2D eigenvalue weighted by atomic mass is 9.75. The molecule has 1 aliphatic rings. The van der Waals surface area contributed by atoms with E-state index in [1.165, 1.54) is 24.8 Å². The number of nitrogens with one attached hydrogen (secondary N) is 1. The number of rotatable bonds is 6. The minimum atomic E-state index is 0.122. The van der Waals surface area contributed by atoms with Gasteiger partial charge in [-0.2, -0.15) is 0 Å². The van der Waals surface area contributed by atoms with Crippen LogP contribution in [0.4, 0.5) is 0 Å². The molecule has 0 radical (unpaired) electrons. The van der Waals surface area contributed by atoms with Crippen LogP contribution in [0.1, 0.15) is 30.4 Å². The van der Waals surface area contributed by atoms with E-state index in [-0.39, 0.29) is 6.61 Å². The van der Waals surface area contributed by atoms with E-state index in [0.717, 1.165) is 18.7 Å². The third-order valence-electron chi connectivity index (χ3n) is 4.22. The molecular weight excluding hydrogens is 224 g/mol. The van der Waals surface area contributed by atoms with Gasteiger partial charge in [-0.05, 0) is 44.5 Å². The molecule has 1 aromatic carbocycles. The molecule has 1 saturated carbocycles. The Morgan fingerprint density at radius 3 is 2.22 bits per heavy atom. The topological polar surface area (TPSA) is 35.5 Å². The van der Waals surface area contributed by atoms with Crippen LogP contribution < -0.4 is 5.32 Å². The van der Waals surface area contributed by atoms with Crippen molar-refractivity contribution in [3.8, 4) is 0 Å². The molecule has 0 spiro atoms. The van der Waals surface area contributed by atoms with Gasteiger partial charge in [0.2, 0.25) is 0 Å². The van der Waals surface area contributed by atoms with Crippen LogP contribution in [-0.2, 0) is 13.2 Å². The van der Waals surface area contributed by atoms with Gasteiger partial charge in [-0.25, -0.2) is 0 Å². The van der Waals surface area contributed by atoms with Crippen molar-refractivity contribution in [3.63, 3.8) is 0 Å². The highest BCUT2D eigenvalue weighted by Gasteiger charge is 2.38. The minimum absolute atomic E-state index is 0.122. The number of hydrogen-bond acceptors (Lipinski definition) is 3. The standard InChI is InChI=1S/C15H24N2O/c1-17(2)15(8-3-9-15)12-16-10-13-4-6-14(11-18)7-5-13/h4-7,16,18H,3,8-12H2,1-2H3. The van der Waals surface area contributed by atoms with Crippen LogP contribution >= 0.6 is 0 Å². The molecule has 0 aromatic heterocycles. The molecule has 3 heteroatoms. The number of aliphatic hydroxyl groups is 1. The first-order chi connectivity index (χ1) is 8.66. The summed E-state index contributed by atoms with van der Waals surface area (Å²) in [5.41, 5.74) is 2.63. The highest BCUT2D eigenvalue weighted by atomic mass is 16.3. The number of aliphatic hydroxyl groups excluding tert-OH is 1. The van der Waals surface area contributed by atoms with Crippen LogP contribution in [0.15, 0.2) is 24.3 Å². The van der Waals surface area contributed by atoms with E-state index in [0.29, 0.717) is 5.54 Å². The van der Waals surface area contributed by atoms with Crippen LogP contribution in [0, 0.1) is 0 Å². The Hall–Kier alpha value is -0.900. The second-order valence-electron chi connectivity index (χ2n) is 5.55. The molecule has 100 valence electrons. The van der Waals surface area contributed by atoms with Gasteiger partial charge in [-0.3, -0.25) is 0 Å². The zero-order chi connectivity index (χ0) is 13.0. The summed E-state index contributed by atoms with van der Waals surface area (Å²) in [7, 11) is 4.35. The lowest BCUT2D eigenvalue weighted by molar-refractivity contribution is 0.0598. The predicted octanol–water partition coefficient (Wildman–Crippen LogP) is 1.75. The van der Waals surface area contributed by atoms with Crippen LogP contribution in [-0.4, -0.2) is 36.2 Å². The van der Waals surface area contributed by atoms with E-state index in [1.807, 2.05) is 12.1 Å². The summed E-state index contributed by atoms with van der Waals surface area (Å²) in [6.07, 6.45) is 3.96. The molecule has 0 aliphatic heterocycles. The van der Waals surface area contributed by atoms with Crippen molar-refractivity contribution in [1.29, 1.82) is 0 Å². The number of benzene rings is 1. The fourth-order valence-corrected chi connectivity index (χ4v) is 2.57. The Morgan fingerprint density at radius 2 is 1.78 bits per heavy atom. The maximum Gasteiger partial charge on any atom is 0.0681 e. The Balaban J connectivity index is 1.80. The number of likely N-dealkylation sites (N-methyl/N-ethyl adjacent to an activating group) is 1. The fourth-order valence-electron chi connectivity index (χ4n) is 2.57. The highest BCUT2D eigenvalue weighted by Crippen LogP contribution is 2.35. The number of nitrogens with zero attached hydrogens (tertiary/aromatic N) is 1. The van der Waals surface area contributed by atoms with Gasteiger partial charge < -0.3 is 15.3 Å². The van der Waals surface area contributed by atoms with E-state index < -0.39 is 0 Å². The summed E-state index contributed by atoms with van der Waals surface area (Å²) in [5.74, 6) is 0. The van der Waals surface area contributed by atoms with Gasteiger partial charge >= 0.3 is 0 Å². The summed E-state index contributed by atoms with van der Waals surface area (Å²) in [5, 5.41) is 12.5. The van der Waals surface area contributed by atoms with Crippen LogP contribution in [0.25, 0.3) is 0 Å². The summed E-state index contributed by atoms with van der Waals surface area (Å²) >= 11 is 0. The molecule has 0 saturated heterocycles. The molecule has 18 heavy (non-hydrogen) atoms. The average Bonchev–Trinajstić information content (AvgIpc) is 2.33. The van der Waals surface area contributed by atoms with Crippen LogP contribution in [0.2, 0.25) is 0 Å². The summed E-state index contributed by atoms with van der Waals surface area (Å²) in [6.45, 7) is 2.08. The van der Waals surface area contributed by atoms with Crippen molar-refractivity contribution in [1.82, 2.24) is 10.2 Å². The smallest absolute Gasteiger partial charge is 0.0681 e. The van der Waals surface area contributed by atoms with Gasteiger partial charge in [0.25, 0.3) is 0 Å². The summed E-state index contributed by atoms with van der Waals surface area (Å²) in [6, 6.07) is 8.15. The first-order valence-electron chi connectivity index (χ1n) is 6.73. The largest absolute Gasteiger partial charge is 0.392 e. The Kier molecular flexibility index (Phi) is 4.38. The van der Waals surface area contributed by atoms with E-state index in [4.69, 9.17) is 5.11 Å². The second kappa shape index (κ2) is 5.83. The third-order valence-corrected chi connectivity index (χ3v) is 4.22. The summed E-state index contributed by atoms with van der Waals surface area (Å²) < 4.78 is 0. The van der Waals surface area contributed by atoms with Crippen molar-refractivity contribution in [3.05, 3.63) is 35.4 Å². The summed E-state index contributed by atoms with van der Waals surface area (Å²) in [4.78, 5) is 2.36. The van der Waals surface area contributed by atoms with Gasteiger partial charge in [0.1, 0.15) is 0 Å². The maximum absolute atomic E-state index is 8.99. The Morgan fingerprint density at radius 1 is 1.17 bits per heavy atom. The molecule has 0 heterocycles. The maximum atomic E-state index is 8.99. The van der Waals surface area contributed by atoms with Gasteiger partial charge in [0.15, 0.2) is 0 Å². The van der Waals surface area contributed by atoms with Gasteiger partial charge in [0.05, 0.1) is 6.61 Å². The quantitative estimate of drug-likeness (QED) is 0.805. The Bertz CT molecular complexity index is 369. The monoisotopic (exact) mass is 248 g/mol. The van der Waals surface area contributed by atoms with Crippen molar-refractivity contribution in [2.24, 2.45) is 0 Å². The predicted molar refractivity (Wildman–Crippen MR) is 74.3 cm³/mol. The zero-order valence-electron chi connectivity index (χ0n) is 11.4. The molecular formula is C15H24N2O. The van der Waals surface area contributed by atoms with E-state index >= 15 is 0 Å². The molecule has 1 fully saturated rings. The normalized spacial score (nSPS) is 17.8. The second-order valence-corrected chi connectivity index (χ2v) is 5.55. The Labute approximate surface area is 110 Å². The van der Waals surface area contributed by atoms with Gasteiger partial charge in [-0.1, -0.05) is 24.3 Å². The molecule has 0 amide bonds.